The van der Waals surface area contributed by atoms with Crippen molar-refractivity contribution in [1.29, 1.82) is 0 Å². The molecule has 0 unspecified atom stereocenters. The molecule has 0 spiro atoms. The molecule has 1 aromatic carbocycles. The molecule has 0 fully saturated rings. The summed E-state index contributed by atoms with van der Waals surface area (Å²) < 4.78 is 0. The zero-order valence-electron chi connectivity index (χ0n) is 7.72. The third-order valence-electron chi connectivity index (χ3n) is 2.41. The molecule has 2 rings (SSSR count). The molecule has 0 radical (unpaired) electrons. The van der Waals surface area contributed by atoms with Gasteiger partial charge in [-0.05, 0) is 31.0 Å². The Balaban J connectivity index is 2.96. The van der Waals surface area contributed by atoms with Crippen LogP contribution in [0.4, 0.5) is 0 Å². The van der Waals surface area contributed by atoms with Crippen LogP contribution in [0.1, 0.15) is 21.5 Å². The molecule has 2 aromatic rings. The predicted molar refractivity (Wildman–Crippen MR) is 53.2 cm³/mol. The average molecular weight is 173 g/mol. The Labute approximate surface area is 76.6 Å². The van der Waals surface area contributed by atoms with Gasteiger partial charge in [-0.3, -0.25) is 4.79 Å². The van der Waals surface area contributed by atoms with E-state index in [-0.39, 0.29) is 0 Å². The number of H-pyrrole nitrogens is 1. The Bertz CT molecular complexity index is 468. The number of benzene rings is 1. The molecule has 1 N–H and O–H groups in total. The topological polar surface area (TPSA) is 32.9 Å². The number of hydrogen-bond acceptors (Lipinski definition) is 1. The van der Waals surface area contributed by atoms with E-state index in [1.165, 1.54) is 5.56 Å². The molecule has 2 heteroatoms. The van der Waals surface area contributed by atoms with Gasteiger partial charge in [0.05, 0.1) is 0 Å². The minimum Gasteiger partial charge on any atom is -0.361 e. The zero-order chi connectivity index (χ0) is 9.42. The second-order valence-corrected chi connectivity index (χ2v) is 3.31. The number of rotatable bonds is 1. The van der Waals surface area contributed by atoms with Gasteiger partial charge in [-0.2, -0.15) is 0 Å². The third kappa shape index (κ3) is 1.06. The Kier molecular flexibility index (Phi) is 1.69. The van der Waals surface area contributed by atoms with Gasteiger partial charge in [-0.1, -0.05) is 6.07 Å². The molecular weight excluding hydrogens is 162 g/mol. The first kappa shape index (κ1) is 8.05. The molecule has 0 amide bonds. The van der Waals surface area contributed by atoms with Crippen LogP contribution in [0.3, 0.4) is 0 Å². The van der Waals surface area contributed by atoms with E-state index in [4.69, 9.17) is 0 Å². The van der Waals surface area contributed by atoms with Crippen molar-refractivity contribution in [3.8, 4) is 0 Å². The summed E-state index contributed by atoms with van der Waals surface area (Å²) in [6, 6.07) is 3.97. The Hall–Kier alpha value is -1.57. The molecule has 0 bridgehead atoms. The van der Waals surface area contributed by atoms with Gasteiger partial charge in [-0.15, -0.1) is 0 Å². The molecule has 0 saturated carbocycles. The van der Waals surface area contributed by atoms with Crippen LogP contribution in [0.15, 0.2) is 18.3 Å². The summed E-state index contributed by atoms with van der Waals surface area (Å²) >= 11 is 0. The van der Waals surface area contributed by atoms with Crippen molar-refractivity contribution in [2.75, 3.05) is 0 Å². The normalized spacial score (nSPS) is 10.6. The number of aromatic amines is 1. The molecule has 0 aliphatic carbocycles. The molecule has 13 heavy (non-hydrogen) atoms. The predicted octanol–water partition coefficient (Wildman–Crippen LogP) is 2.60. The maximum absolute atomic E-state index is 10.8. The highest BCUT2D eigenvalue weighted by molar-refractivity contribution is 5.99. The van der Waals surface area contributed by atoms with Crippen molar-refractivity contribution < 1.29 is 4.79 Å². The van der Waals surface area contributed by atoms with Gasteiger partial charge < -0.3 is 4.98 Å². The quantitative estimate of drug-likeness (QED) is 0.660. The average Bonchev–Trinajstić information content (AvgIpc) is 2.53. The van der Waals surface area contributed by atoms with E-state index < -0.39 is 0 Å². The van der Waals surface area contributed by atoms with E-state index in [9.17, 15) is 4.79 Å². The lowest BCUT2D eigenvalue weighted by Crippen LogP contribution is -1.89. The highest BCUT2D eigenvalue weighted by Crippen LogP contribution is 2.23. The molecule has 1 aromatic heterocycles. The van der Waals surface area contributed by atoms with Gasteiger partial charge in [0.25, 0.3) is 0 Å². The number of carbonyl (C=O) groups excluding carboxylic acids is 1. The fourth-order valence-corrected chi connectivity index (χ4v) is 1.76. The van der Waals surface area contributed by atoms with Crippen molar-refractivity contribution in [1.82, 2.24) is 4.98 Å². The van der Waals surface area contributed by atoms with Crippen LogP contribution in [0.2, 0.25) is 0 Å². The van der Waals surface area contributed by atoms with Gasteiger partial charge in [0.2, 0.25) is 0 Å². The number of nitrogens with one attached hydrogen (secondary N) is 1. The number of hydrogen-bond donors (Lipinski definition) is 1. The zero-order valence-corrected chi connectivity index (χ0v) is 7.72. The van der Waals surface area contributed by atoms with Gasteiger partial charge in [0.1, 0.15) is 0 Å². The molecule has 2 nitrogen and oxygen atoms in total. The van der Waals surface area contributed by atoms with Crippen molar-refractivity contribution >= 4 is 17.2 Å². The number of carbonyl (C=O) groups is 1. The molecule has 0 aliphatic rings. The first-order valence-corrected chi connectivity index (χ1v) is 4.26. The van der Waals surface area contributed by atoms with Crippen LogP contribution in [-0.4, -0.2) is 11.3 Å². The first-order valence-electron chi connectivity index (χ1n) is 4.26. The lowest BCUT2D eigenvalue weighted by Gasteiger charge is -2.03. The van der Waals surface area contributed by atoms with Crippen LogP contribution in [0.25, 0.3) is 10.9 Å². The van der Waals surface area contributed by atoms with E-state index >= 15 is 0 Å². The summed E-state index contributed by atoms with van der Waals surface area (Å²) in [5, 5.41) is 1.02. The van der Waals surface area contributed by atoms with Gasteiger partial charge in [0.15, 0.2) is 6.29 Å². The summed E-state index contributed by atoms with van der Waals surface area (Å²) in [6.07, 6.45) is 2.79. The lowest BCUT2D eigenvalue weighted by molar-refractivity contribution is 0.112. The van der Waals surface area contributed by atoms with E-state index in [0.29, 0.717) is 0 Å². The van der Waals surface area contributed by atoms with Crippen molar-refractivity contribution in [3.63, 3.8) is 0 Å². The molecular formula is C11H11NO. The Morgan fingerprint density at radius 3 is 2.77 bits per heavy atom. The Morgan fingerprint density at radius 1 is 1.31 bits per heavy atom. The maximum atomic E-state index is 10.8. The van der Waals surface area contributed by atoms with Gasteiger partial charge in [-0.25, -0.2) is 0 Å². The second-order valence-electron chi connectivity index (χ2n) is 3.31. The largest absolute Gasteiger partial charge is 0.361 e. The number of fused-ring (bicyclic) bond motifs is 1. The maximum Gasteiger partial charge on any atom is 0.150 e. The molecule has 0 saturated heterocycles. The van der Waals surface area contributed by atoms with Crippen molar-refractivity contribution in [3.05, 3.63) is 35.0 Å². The summed E-state index contributed by atoms with van der Waals surface area (Å²) in [4.78, 5) is 14.0. The van der Waals surface area contributed by atoms with Gasteiger partial charge >= 0.3 is 0 Å². The summed E-state index contributed by atoms with van der Waals surface area (Å²) in [6.45, 7) is 4.00. The molecule has 0 aliphatic heterocycles. The van der Waals surface area contributed by atoms with Crippen molar-refractivity contribution in [2.24, 2.45) is 0 Å². The van der Waals surface area contributed by atoms with E-state index in [0.717, 1.165) is 28.3 Å². The van der Waals surface area contributed by atoms with Gasteiger partial charge in [0, 0.05) is 22.7 Å². The fourth-order valence-electron chi connectivity index (χ4n) is 1.76. The second kappa shape index (κ2) is 2.73. The number of aryl methyl sites for hydroxylation is 2. The monoisotopic (exact) mass is 173 g/mol. The van der Waals surface area contributed by atoms with E-state index in [1.54, 1.807) is 0 Å². The number of aldehydes is 1. The first-order chi connectivity index (χ1) is 6.24. The fraction of sp³-hybridized carbons (Fsp3) is 0.182. The SMILES string of the molecule is Cc1cc(C)c2[nH]ccc2c1C=O. The van der Waals surface area contributed by atoms with Crippen LogP contribution >= 0.6 is 0 Å². The molecule has 0 atom stereocenters. The third-order valence-corrected chi connectivity index (χ3v) is 2.41. The summed E-state index contributed by atoms with van der Waals surface area (Å²) in [5.41, 5.74) is 4.08. The Morgan fingerprint density at radius 2 is 2.08 bits per heavy atom. The highest BCUT2D eigenvalue weighted by atomic mass is 16.1. The standard InChI is InChI=1S/C11H11NO/c1-7-5-8(2)11-9(3-4-12-11)10(7)6-13/h3-6,12H,1-2H3. The highest BCUT2D eigenvalue weighted by Gasteiger charge is 2.06. The summed E-state index contributed by atoms with van der Waals surface area (Å²) in [7, 11) is 0. The smallest absolute Gasteiger partial charge is 0.150 e. The van der Waals surface area contributed by atoms with E-state index in [1.807, 2.05) is 32.2 Å². The van der Waals surface area contributed by atoms with Crippen LogP contribution in [0, 0.1) is 13.8 Å². The van der Waals surface area contributed by atoms with E-state index in [2.05, 4.69) is 4.98 Å². The van der Waals surface area contributed by atoms with Crippen LogP contribution < -0.4 is 0 Å². The molecule has 66 valence electrons. The minimum absolute atomic E-state index is 0.793. The number of aromatic nitrogens is 1. The van der Waals surface area contributed by atoms with Crippen LogP contribution in [-0.2, 0) is 0 Å². The summed E-state index contributed by atoms with van der Waals surface area (Å²) in [5.74, 6) is 0. The van der Waals surface area contributed by atoms with Crippen molar-refractivity contribution in [2.45, 2.75) is 13.8 Å². The minimum atomic E-state index is 0.793. The lowest BCUT2D eigenvalue weighted by atomic mass is 10.0. The van der Waals surface area contributed by atoms with Crippen LogP contribution in [0.5, 0.6) is 0 Å². The molecule has 1 heterocycles.